The molecular weight excluding hydrogens is 1470 g/mol. The molecule has 13 atom stereocenters. The number of hydrogen-bond donors (Lipinski definition) is 12. The van der Waals surface area contributed by atoms with Gasteiger partial charge in [0.1, 0.15) is 132 Å². The minimum absolute atomic E-state index is 0.0135. The molecule has 13 rings (SSSR count). The Morgan fingerprint density at radius 2 is 1.52 bits per heavy atom. The largest absolute Gasteiger partial charge is 0.506 e. The van der Waals surface area contributed by atoms with Gasteiger partial charge in [0.15, 0.2) is 18.1 Å². The zero-order valence-corrected chi connectivity index (χ0v) is 60.2. The molecule has 8 aromatic rings. The van der Waals surface area contributed by atoms with Gasteiger partial charge in [-0.25, -0.2) is 39.5 Å². The topological polar surface area (TPSA) is 494 Å². The molecule has 7 aromatic heterocycles. The highest BCUT2D eigenvalue weighted by molar-refractivity contribution is 7.14. The molecule has 6 amide bonds. The van der Waals surface area contributed by atoms with Crippen molar-refractivity contribution in [1.82, 2.24) is 66.1 Å². The average Bonchev–Trinajstić information content (AvgIpc) is 1.59. The number of pyridine rings is 1. The second-order valence-corrected chi connectivity index (χ2v) is 29.5. The first-order valence-corrected chi connectivity index (χ1v) is 36.5. The van der Waals surface area contributed by atoms with Crippen LogP contribution >= 0.6 is 56.7 Å². The maximum absolute atomic E-state index is 15.4. The van der Waals surface area contributed by atoms with Crippen molar-refractivity contribution in [1.29, 1.82) is 0 Å². The van der Waals surface area contributed by atoms with Gasteiger partial charge in [0, 0.05) is 56.3 Å². The highest BCUT2D eigenvalue weighted by Gasteiger charge is 2.58. The van der Waals surface area contributed by atoms with Crippen molar-refractivity contribution in [2.45, 2.75) is 133 Å². The summed E-state index contributed by atoms with van der Waals surface area (Å²) in [6, 6.07) is 0.544. The summed E-state index contributed by atoms with van der Waals surface area (Å²) in [5.74, 6) is -8.44. The number of esters is 2. The lowest BCUT2D eigenvalue weighted by atomic mass is 9.86. The molecule has 35 nitrogen and oxygen atoms in total. The lowest BCUT2D eigenvalue weighted by Crippen LogP contribution is -2.59. The van der Waals surface area contributed by atoms with Crippen LogP contribution in [0, 0.1) is 0 Å². The number of allylic oxidation sites excluding steroid dienone is 1. The predicted octanol–water partition coefficient (Wildman–Crippen LogP) is 2.73. The van der Waals surface area contributed by atoms with Gasteiger partial charge in [-0.2, -0.15) is 4.73 Å². The van der Waals surface area contributed by atoms with E-state index in [-0.39, 0.29) is 117 Å². The quantitative estimate of drug-likeness (QED) is 0.0362. The highest BCUT2D eigenvalue weighted by atomic mass is 32.1. The lowest BCUT2D eigenvalue weighted by Gasteiger charge is -2.45. The Hall–Kier alpha value is -9.66. The number of cyclic esters (lactones) is 2. The Bertz CT molecular complexity index is 4850. The van der Waals surface area contributed by atoms with E-state index in [0.29, 0.717) is 4.73 Å². The number of methoxy groups -OCH3 is 1. The fourth-order valence-electron chi connectivity index (χ4n) is 12.9. The van der Waals surface area contributed by atoms with Gasteiger partial charge in [0.05, 0.1) is 61.5 Å². The number of nitrogens with two attached hydrogens (primary N) is 1. The summed E-state index contributed by atoms with van der Waals surface area (Å²) in [5, 5.41) is 86.2. The van der Waals surface area contributed by atoms with Crippen LogP contribution in [0.3, 0.4) is 0 Å². The molecule has 5 aliphatic heterocycles. The number of carbonyl (C=O) groups excluding carboxylic acids is 8. The third-order valence-electron chi connectivity index (χ3n) is 18.1. The molecule has 5 aliphatic rings. The van der Waals surface area contributed by atoms with Crippen molar-refractivity contribution in [3.8, 4) is 38.4 Å². The van der Waals surface area contributed by atoms with Gasteiger partial charge in [-0.1, -0.05) is 18.7 Å². The monoisotopic (exact) mass is 1540 g/mol. The van der Waals surface area contributed by atoms with Crippen LogP contribution < -0.4 is 32.3 Å². The third kappa shape index (κ3) is 14.4. The molecule has 12 bridgehead atoms. The zero-order valence-electron chi connectivity index (χ0n) is 56.1. The van der Waals surface area contributed by atoms with E-state index in [4.69, 9.17) is 53.8 Å². The van der Waals surface area contributed by atoms with E-state index in [2.05, 4.69) is 48.1 Å². The van der Waals surface area contributed by atoms with Crippen LogP contribution in [0.2, 0.25) is 0 Å². The summed E-state index contributed by atoms with van der Waals surface area (Å²) in [6.07, 6.45) is -11.4. The summed E-state index contributed by atoms with van der Waals surface area (Å²) in [5.41, 5.74) is 2.11. The van der Waals surface area contributed by atoms with Gasteiger partial charge in [-0.3, -0.25) is 33.7 Å². The first-order valence-electron chi connectivity index (χ1n) is 32.1. The molecule has 12 heterocycles. The molecule has 552 valence electrons. The van der Waals surface area contributed by atoms with E-state index in [1.165, 1.54) is 60.0 Å². The van der Waals surface area contributed by atoms with Crippen LogP contribution in [0.25, 0.3) is 49.3 Å². The molecule has 0 spiro atoms. The molecule has 2 fully saturated rings. The molecular formula is C65H66N14O21S5. The Labute approximate surface area is 613 Å². The number of aliphatic hydroxyl groups excluding tert-OH is 4. The van der Waals surface area contributed by atoms with E-state index in [0.717, 1.165) is 56.7 Å². The van der Waals surface area contributed by atoms with Gasteiger partial charge in [0.2, 0.25) is 5.91 Å². The molecule has 0 saturated carbocycles. The van der Waals surface area contributed by atoms with Crippen LogP contribution in [-0.4, -0.2) is 212 Å². The van der Waals surface area contributed by atoms with Crippen molar-refractivity contribution in [3.05, 3.63) is 124 Å². The van der Waals surface area contributed by atoms with Crippen LogP contribution in [0.15, 0.2) is 69.2 Å². The first kappa shape index (κ1) is 73.6. The summed E-state index contributed by atoms with van der Waals surface area (Å²) < 4.78 is 45.4. The Morgan fingerprint density at radius 3 is 2.26 bits per heavy atom. The molecule has 105 heavy (non-hydrogen) atoms. The standard InChI is InChI=1S/C65H66N14O21S5/c1-23(52(66)85)67-53(86)32-20-104-61(72-32)46-38(83)11-28-45(74-46)31-18-102-59(69-31)30-17-97-63(91)48-29-16-95-49(50(64(92)96-15-27-9-8-10-36(42(27)29)79(48)93)99-41-13-65(5)51(26(4)98-41)78(6)40(100-65)12-37(82)39(84)14-80)47(62-73-33(21-105-62)54(87)68-30)77-56(89)35-22-103-60(71-35)44(25(3)94-7)76-57(90)43(24(2)81)75-55(88)34-19-101-58(28)70-34/h8-11,18-22,24,26,30,37,39-41,43,47,49-51,80-84,93H,1,12-17H2,2-7H3,(H2,66,85)(H,67,86)(H,68,87)(H,75,88)(H,76,90)(H,77,89)/b44-25+. The molecule has 0 aliphatic carbocycles. The minimum Gasteiger partial charge on any atom is -0.506 e. The maximum Gasteiger partial charge on any atom is 0.358 e. The Balaban J connectivity index is 0.966. The van der Waals surface area contributed by atoms with E-state index >= 15 is 19.2 Å². The summed E-state index contributed by atoms with van der Waals surface area (Å²) in [4.78, 5) is 145. The van der Waals surface area contributed by atoms with Gasteiger partial charge in [-0.05, 0) is 52.4 Å². The SMILES string of the molecule is C=C(NC(=O)c1csc(-c2nc3c(cc2O)-c2nc(cs2)C(=O)NC(C(C)O)C(=O)N/C(=C(\C)OC)c2nc(cs2)C(=O)NC2c4nc(cs4)C(=O)NC(COC(=O)c4c5c6c(cccc6n4O)COC(=O)C(OC4CC6(C)OC(CC(O)C(O)CO)N(C)C6C(C)O4)C2OC5)c2nc-3cs2)n1)C(N)=O. The minimum atomic E-state index is -1.96. The number of aromatic nitrogens is 7. The number of aromatic hydroxyl groups is 1. The van der Waals surface area contributed by atoms with Gasteiger partial charge in [0.25, 0.3) is 29.5 Å². The highest BCUT2D eigenvalue weighted by Crippen LogP contribution is 2.46. The molecule has 1 aromatic carbocycles. The number of rotatable bonds is 12. The van der Waals surface area contributed by atoms with E-state index < -0.39 is 170 Å². The molecule has 0 radical (unpaired) electrons. The molecule has 13 N–H and O–H groups in total. The second kappa shape index (κ2) is 29.7. The Kier molecular flexibility index (Phi) is 20.8. The van der Waals surface area contributed by atoms with Crippen molar-refractivity contribution in [2.24, 2.45) is 5.73 Å². The number of thiazole rings is 5. The Morgan fingerprint density at radius 1 is 0.848 bits per heavy atom. The lowest BCUT2D eigenvalue weighted by molar-refractivity contribution is -0.269. The number of amides is 6. The fraction of sp³-hybridized carbons (Fsp3) is 0.385. The number of hydrogen-bond acceptors (Lipinski definition) is 33. The van der Waals surface area contributed by atoms with E-state index in [1.54, 1.807) is 33.0 Å². The normalized spacial score (nSPS) is 25.2. The van der Waals surface area contributed by atoms with Gasteiger partial charge in [-0.15, -0.1) is 56.7 Å². The number of nitrogens with one attached hydrogen (secondary N) is 5. The first-order chi connectivity index (χ1) is 50.1. The summed E-state index contributed by atoms with van der Waals surface area (Å²) in [7, 11) is 3.03. The van der Waals surface area contributed by atoms with Crippen molar-refractivity contribution in [2.75, 3.05) is 27.4 Å². The molecule has 2 saturated heterocycles. The number of nitrogens with zero attached hydrogens (tertiary/aromatic N) is 8. The van der Waals surface area contributed by atoms with Crippen LogP contribution in [0.5, 0.6) is 5.75 Å². The number of aliphatic hydroxyl groups is 4. The second-order valence-electron chi connectivity index (χ2n) is 25.1. The number of ether oxygens (including phenoxy) is 7. The van der Waals surface area contributed by atoms with Crippen LogP contribution in [-0.2, 0) is 60.8 Å². The zero-order chi connectivity index (χ0) is 74.8. The van der Waals surface area contributed by atoms with Crippen molar-refractivity contribution >= 4 is 121 Å². The van der Waals surface area contributed by atoms with E-state index in [1.807, 2.05) is 4.90 Å². The predicted molar refractivity (Wildman–Crippen MR) is 370 cm³/mol. The number of primary amides is 1. The van der Waals surface area contributed by atoms with Crippen LogP contribution in [0.1, 0.15) is 131 Å². The molecule has 40 heteroatoms. The summed E-state index contributed by atoms with van der Waals surface area (Å²) in [6.45, 7) is 7.07. The maximum atomic E-state index is 15.4. The van der Waals surface area contributed by atoms with Crippen molar-refractivity contribution in [3.63, 3.8) is 0 Å². The average molecular weight is 1540 g/mol. The van der Waals surface area contributed by atoms with Gasteiger partial charge >= 0.3 is 11.9 Å². The van der Waals surface area contributed by atoms with Crippen molar-refractivity contribution < 1.29 is 102 Å². The van der Waals surface area contributed by atoms with Crippen LogP contribution in [0.4, 0.5) is 0 Å². The smallest absolute Gasteiger partial charge is 0.358 e. The number of likely N-dealkylation sites (N-methyl/N-ethyl adjacent to an activating group) is 1. The summed E-state index contributed by atoms with van der Waals surface area (Å²) >= 11 is 4.40. The molecule has 13 unspecified atom stereocenters. The number of carbonyl (C=O) groups is 8. The fourth-order valence-corrected chi connectivity index (χ4v) is 17.1. The van der Waals surface area contributed by atoms with E-state index in [9.17, 15) is 49.9 Å². The number of fused-ring (bicyclic) bond motifs is 16. The number of benzene rings is 1. The third-order valence-corrected chi connectivity index (χ3v) is 22.6. The van der Waals surface area contributed by atoms with Gasteiger partial charge < -0.3 is 96.2 Å².